The summed E-state index contributed by atoms with van der Waals surface area (Å²) in [5, 5.41) is 22.8. The molecular weight excluding hydrogens is 334 g/mol. The molecule has 1 aromatic heterocycles. The highest BCUT2D eigenvalue weighted by Crippen LogP contribution is 2.37. The lowest BCUT2D eigenvalue weighted by Gasteiger charge is -2.28. The number of anilines is 1. The maximum atomic E-state index is 11.1. The number of nitriles is 1. The van der Waals surface area contributed by atoms with Gasteiger partial charge in [0.25, 0.3) is 0 Å². The zero-order valence-electron chi connectivity index (χ0n) is 14.8. The zero-order chi connectivity index (χ0) is 18.7. The SMILES string of the molecule is COc1cc(OC)c2ncc(C#N)c(NC3CCC(C(=O)O)CC3)c2c1. The molecule has 7 nitrogen and oxygen atoms in total. The molecule has 2 N–H and O–H groups in total. The minimum Gasteiger partial charge on any atom is -0.497 e. The molecular formula is C19H21N3O4. The fourth-order valence-electron chi connectivity index (χ4n) is 3.45. The van der Waals surface area contributed by atoms with Crippen molar-refractivity contribution < 1.29 is 19.4 Å². The summed E-state index contributed by atoms with van der Waals surface area (Å²) in [6, 6.07) is 5.87. The van der Waals surface area contributed by atoms with E-state index in [0.29, 0.717) is 41.1 Å². The van der Waals surface area contributed by atoms with Gasteiger partial charge in [-0.1, -0.05) is 0 Å². The monoisotopic (exact) mass is 355 g/mol. The summed E-state index contributed by atoms with van der Waals surface area (Å²) in [5.74, 6) is 0.174. The van der Waals surface area contributed by atoms with E-state index in [0.717, 1.165) is 18.2 Å². The Kier molecular flexibility index (Phi) is 5.12. The van der Waals surface area contributed by atoms with Crippen LogP contribution in [0.25, 0.3) is 10.9 Å². The van der Waals surface area contributed by atoms with Gasteiger partial charge in [-0.15, -0.1) is 0 Å². The van der Waals surface area contributed by atoms with E-state index in [9.17, 15) is 10.1 Å². The number of nitrogens with zero attached hydrogens (tertiary/aromatic N) is 2. The van der Waals surface area contributed by atoms with E-state index in [4.69, 9.17) is 14.6 Å². The van der Waals surface area contributed by atoms with Crippen molar-refractivity contribution in [3.8, 4) is 17.6 Å². The Bertz CT molecular complexity index is 867. The fraction of sp³-hybridized carbons (Fsp3) is 0.421. The Morgan fingerprint density at radius 3 is 2.58 bits per heavy atom. The fourth-order valence-corrected chi connectivity index (χ4v) is 3.45. The highest BCUT2D eigenvalue weighted by atomic mass is 16.5. The lowest BCUT2D eigenvalue weighted by atomic mass is 9.86. The number of rotatable bonds is 5. The normalized spacial score (nSPS) is 19.6. The summed E-state index contributed by atoms with van der Waals surface area (Å²) >= 11 is 0. The van der Waals surface area contributed by atoms with Gasteiger partial charge in [-0.25, -0.2) is 0 Å². The van der Waals surface area contributed by atoms with Crippen molar-refractivity contribution in [3.63, 3.8) is 0 Å². The number of nitrogens with one attached hydrogen (secondary N) is 1. The van der Waals surface area contributed by atoms with Crippen LogP contribution in [0, 0.1) is 17.2 Å². The predicted octanol–water partition coefficient (Wildman–Crippen LogP) is 3.18. The first-order chi connectivity index (χ1) is 12.6. The summed E-state index contributed by atoms with van der Waals surface area (Å²) in [5.41, 5.74) is 1.77. The number of hydrogen-bond donors (Lipinski definition) is 2. The number of benzene rings is 1. The molecule has 1 aromatic carbocycles. The molecule has 3 rings (SSSR count). The van der Waals surface area contributed by atoms with E-state index in [2.05, 4.69) is 16.4 Å². The number of carboxylic acids is 1. The molecule has 1 saturated carbocycles. The highest BCUT2D eigenvalue weighted by molar-refractivity contribution is 5.98. The molecule has 1 fully saturated rings. The number of aromatic nitrogens is 1. The van der Waals surface area contributed by atoms with E-state index in [-0.39, 0.29) is 12.0 Å². The average molecular weight is 355 g/mol. The highest BCUT2D eigenvalue weighted by Gasteiger charge is 2.27. The second-order valence-electron chi connectivity index (χ2n) is 6.42. The number of carboxylic acid groups (broad SMARTS) is 1. The molecule has 2 aromatic rings. The van der Waals surface area contributed by atoms with E-state index >= 15 is 0 Å². The maximum Gasteiger partial charge on any atom is 0.306 e. The van der Waals surface area contributed by atoms with Crippen LogP contribution in [0.15, 0.2) is 18.3 Å². The maximum absolute atomic E-state index is 11.1. The van der Waals surface area contributed by atoms with E-state index in [1.807, 2.05) is 6.07 Å². The van der Waals surface area contributed by atoms with E-state index in [1.54, 1.807) is 20.3 Å². The van der Waals surface area contributed by atoms with Crippen LogP contribution < -0.4 is 14.8 Å². The smallest absolute Gasteiger partial charge is 0.306 e. The van der Waals surface area contributed by atoms with Gasteiger partial charge in [-0.3, -0.25) is 9.78 Å². The molecule has 26 heavy (non-hydrogen) atoms. The summed E-state index contributed by atoms with van der Waals surface area (Å²) in [6.07, 6.45) is 4.27. The molecule has 0 radical (unpaired) electrons. The third kappa shape index (κ3) is 3.36. The third-order valence-corrected chi connectivity index (χ3v) is 4.91. The molecule has 1 aliphatic carbocycles. The number of ether oxygens (including phenoxy) is 2. The standard InChI is InChI=1S/C19H21N3O4/c1-25-14-7-15-17(22-13-5-3-11(4-6-13)19(23)24)12(9-20)10-21-18(15)16(8-14)26-2/h7-8,10-11,13H,3-6H2,1-2H3,(H,21,22)(H,23,24). The lowest BCUT2D eigenvalue weighted by molar-refractivity contribution is -0.142. The number of methoxy groups -OCH3 is 2. The van der Waals surface area contributed by atoms with Crippen LogP contribution in [-0.4, -0.2) is 36.3 Å². The molecule has 0 bridgehead atoms. The average Bonchev–Trinajstić information content (AvgIpc) is 2.67. The van der Waals surface area contributed by atoms with E-state index in [1.165, 1.54) is 6.20 Å². The van der Waals surface area contributed by atoms with Crippen molar-refractivity contribution in [3.05, 3.63) is 23.9 Å². The minimum absolute atomic E-state index is 0.112. The largest absolute Gasteiger partial charge is 0.497 e. The first-order valence-corrected chi connectivity index (χ1v) is 8.51. The molecule has 0 atom stereocenters. The second kappa shape index (κ2) is 7.48. The summed E-state index contributed by atoms with van der Waals surface area (Å²) in [7, 11) is 3.14. The third-order valence-electron chi connectivity index (χ3n) is 4.91. The van der Waals surface area contributed by atoms with Crippen LogP contribution in [0.1, 0.15) is 31.2 Å². The molecule has 1 aliphatic rings. The molecule has 0 spiro atoms. The minimum atomic E-state index is -0.731. The topological polar surface area (TPSA) is 104 Å². The Balaban J connectivity index is 1.98. The van der Waals surface area contributed by atoms with Gasteiger partial charge in [0, 0.05) is 23.7 Å². The van der Waals surface area contributed by atoms with Gasteiger partial charge in [-0.2, -0.15) is 5.26 Å². The Morgan fingerprint density at radius 2 is 2.00 bits per heavy atom. The number of hydrogen-bond acceptors (Lipinski definition) is 6. The van der Waals surface area contributed by atoms with Crippen LogP contribution in [0.3, 0.4) is 0 Å². The van der Waals surface area contributed by atoms with Gasteiger partial charge in [-0.05, 0) is 31.7 Å². The number of fused-ring (bicyclic) bond motifs is 1. The molecule has 136 valence electrons. The Hall–Kier alpha value is -3.01. The predicted molar refractivity (Wildman–Crippen MR) is 96.6 cm³/mol. The first-order valence-electron chi connectivity index (χ1n) is 8.51. The molecule has 0 aliphatic heterocycles. The number of pyridine rings is 1. The molecule has 7 heteroatoms. The zero-order valence-corrected chi connectivity index (χ0v) is 14.8. The van der Waals surface area contributed by atoms with Gasteiger partial charge in [0.2, 0.25) is 0 Å². The Labute approximate surface area is 151 Å². The second-order valence-corrected chi connectivity index (χ2v) is 6.42. The van der Waals surface area contributed by atoms with Crippen molar-refractivity contribution in [2.75, 3.05) is 19.5 Å². The number of carbonyl (C=O) groups is 1. The van der Waals surface area contributed by atoms with Gasteiger partial charge >= 0.3 is 5.97 Å². The van der Waals surface area contributed by atoms with Crippen molar-refractivity contribution >= 4 is 22.6 Å². The van der Waals surface area contributed by atoms with Gasteiger partial charge in [0.05, 0.1) is 31.4 Å². The van der Waals surface area contributed by atoms with Crippen molar-refractivity contribution in [1.29, 1.82) is 5.26 Å². The molecule has 0 unspecified atom stereocenters. The first kappa shape index (κ1) is 17.8. The van der Waals surface area contributed by atoms with Crippen LogP contribution in [0.4, 0.5) is 5.69 Å². The summed E-state index contributed by atoms with van der Waals surface area (Å²) in [6.45, 7) is 0. The molecule has 0 saturated heterocycles. The van der Waals surface area contributed by atoms with Crippen molar-refractivity contribution in [2.24, 2.45) is 5.92 Å². The van der Waals surface area contributed by atoms with Gasteiger partial charge in [0.15, 0.2) is 0 Å². The molecule has 0 amide bonds. The van der Waals surface area contributed by atoms with Gasteiger partial charge in [0.1, 0.15) is 23.1 Å². The van der Waals surface area contributed by atoms with Crippen LogP contribution in [0.5, 0.6) is 11.5 Å². The van der Waals surface area contributed by atoms with Crippen LogP contribution in [0.2, 0.25) is 0 Å². The van der Waals surface area contributed by atoms with Crippen molar-refractivity contribution in [1.82, 2.24) is 4.98 Å². The van der Waals surface area contributed by atoms with Crippen LogP contribution >= 0.6 is 0 Å². The van der Waals surface area contributed by atoms with Gasteiger partial charge < -0.3 is 19.9 Å². The number of aliphatic carboxylic acids is 1. The molecule has 1 heterocycles. The summed E-state index contributed by atoms with van der Waals surface area (Å²) in [4.78, 5) is 15.5. The quantitative estimate of drug-likeness (QED) is 0.848. The Morgan fingerprint density at radius 1 is 1.27 bits per heavy atom. The van der Waals surface area contributed by atoms with E-state index < -0.39 is 5.97 Å². The van der Waals surface area contributed by atoms with Crippen LogP contribution in [-0.2, 0) is 4.79 Å². The lowest BCUT2D eigenvalue weighted by Crippen LogP contribution is -2.29. The van der Waals surface area contributed by atoms with Crippen molar-refractivity contribution in [2.45, 2.75) is 31.7 Å². The summed E-state index contributed by atoms with van der Waals surface area (Å²) < 4.78 is 10.8.